The van der Waals surface area contributed by atoms with E-state index in [9.17, 15) is 9.59 Å². The Bertz CT molecular complexity index is 734. The number of amides is 1. The van der Waals surface area contributed by atoms with E-state index < -0.39 is 5.97 Å². The van der Waals surface area contributed by atoms with Gasteiger partial charge in [-0.1, -0.05) is 35.5 Å². The zero-order chi connectivity index (χ0) is 17.5. The smallest absolute Gasteiger partial charge is 0.340 e. The Kier molecular flexibility index (Phi) is 6.52. The van der Waals surface area contributed by atoms with Gasteiger partial charge in [-0.25, -0.2) is 4.79 Å². The van der Waals surface area contributed by atoms with Gasteiger partial charge in [-0.05, 0) is 35.9 Å². The molecule has 0 unspecified atom stereocenters. The molecular formula is C17H16ClNO4S. The molecule has 0 radical (unpaired) electrons. The third kappa shape index (κ3) is 4.91. The molecule has 0 saturated heterocycles. The predicted molar refractivity (Wildman–Crippen MR) is 96.1 cm³/mol. The van der Waals surface area contributed by atoms with Crippen molar-refractivity contribution in [2.45, 2.75) is 5.75 Å². The van der Waals surface area contributed by atoms with E-state index in [1.807, 2.05) is 24.3 Å². The Labute approximate surface area is 149 Å². The fourth-order valence-electron chi connectivity index (χ4n) is 1.92. The second-order valence-corrected chi connectivity index (χ2v) is 6.12. The van der Waals surface area contributed by atoms with Crippen LogP contribution in [0, 0.1) is 0 Å². The molecular weight excluding hydrogens is 350 g/mol. The van der Waals surface area contributed by atoms with Crippen molar-refractivity contribution >= 4 is 40.3 Å². The van der Waals surface area contributed by atoms with Crippen molar-refractivity contribution in [3.05, 3.63) is 58.6 Å². The van der Waals surface area contributed by atoms with Crippen molar-refractivity contribution in [1.82, 2.24) is 0 Å². The van der Waals surface area contributed by atoms with Gasteiger partial charge in [-0.15, -0.1) is 0 Å². The van der Waals surface area contributed by atoms with Gasteiger partial charge in [0.05, 0.1) is 25.5 Å². The van der Waals surface area contributed by atoms with E-state index in [2.05, 4.69) is 5.32 Å². The zero-order valence-corrected chi connectivity index (χ0v) is 14.7. The first kappa shape index (κ1) is 18.2. The Hall–Kier alpha value is -2.18. The summed E-state index contributed by atoms with van der Waals surface area (Å²) < 4.78 is 9.79. The highest BCUT2D eigenvalue weighted by Gasteiger charge is 2.15. The van der Waals surface area contributed by atoms with Crippen molar-refractivity contribution in [3.63, 3.8) is 0 Å². The Morgan fingerprint density at radius 3 is 2.46 bits per heavy atom. The van der Waals surface area contributed by atoms with E-state index in [1.54, 1.807) is 19.2 Å². The molecule has 7 heteroatoms. The van der Waals surface area contributed by atoms with Gasteiger partial charge in [-0.3, -0.25) is 4.79 Å². The number of nitrogens with one attached hydrogen (secondary N) is 1. The zero-order valence-electron chi connectivity index (χ0n) is 13.2. The normalized spacial score (nSPS) is 10.1. The van der Waals surface area contributed by atoms with E-state index in [0.29, 0.717) is 16.5 Å². The molecule has 0 atom stereocenters. The number of methoxy groups -OCH3 is 2. The van der Waals surface area contributed by atoms with E-state index in [4.69, 9.17) is 21.1 Å². The molecule has 0 fully saturated rings. The topological polar surface area (TPSA) is 64.6 Å². The number of halogens is 1. The highest BCUT2D eigenvalue weighted by Crippen LogP contribution is 2.24. The van der Waals surface area contributed by atoms with E-state index in [0.717, 1.165) is 23.1 Å². The molecule has 0 aromatic heterocycles. The van der Waals surface area contributed by atoms with Crippen LogP contribution in [0.4, 0.5) is 10.5 Å². The fourth-order valence-corrected chi connectivity index (χ4v) is 2.77. The van der Waals surface area contributed by atoms with Gasteiger partial charge < -0.3 is 14.8 Å². The number of esters is 1. The average molecular weight is 366 g/mol. The molecule has 2 rings (SSSR count). The van der Waals surface area contributed by atoms with Gasteiger partial charge in [0.25, 0.3) is 5.24 Å². The van der Waals surface area contributed by atoms with Crippen LogP contribution in [0.3, 0.4) is 0 Å². The second kappa shape index (κ2) is 8.61. The van der Waals surface area contributed by atoms with Gasteiger partial charge in [0.2, 0.25) is 0 Å². The van der Waals surface area contributed by atoms with Crippen molar-refractivity contribution in [2.24, 2.45) is 0 Å². The summed E-state index contributed by atoms with van der Waals surface area (Å²) in [6.45, 7) is 0. The lowest BCUT2D eigenvalue weighted by molar-refractivity contribution is 0.0602. The van der Waals surface area contributed by atoms with Gasteiger partial charge in [-0.2, -0.15) is 0 Å². The van der Waals surface area contributed by atoms with Gasteiger partial charge in [0.1, 0.15) is 5.75 Å². The van der Waals surface area contributed by atoms with Gasteiger partial charge >= 0.3 is 5.97 Å². The number of hydrogen-bond acceptors (Lipinski definition) is 5. The molecule has 0 heterocycles. The maximum Gasteiger partial charge on any atom is 0.340 e. The SMILES string of the molecule is COC(=O)c1cc(Cl)ccc1NC(=O)SCc1ccc(OC)cc1. The van der Waals surface area contributed by atoms with E-state index in [1.165, 1.54) is 13.2 Å². The standard InChI is InChI=1S/C17H16ClNO4S/c1-22-13-6-3-11(4-7-13)10-24-17(21)19-15-8-5-12(18)9-14(15)16(20)23-2/h3-9H,10H2,1-2H3,(H,19,21). The molecule has 0 aliphatic heterocycles. The van der Waals surface area contributed by atoms with Crippen LogP contribution >= 0.6 is 23.4 Å². The first-order chi connectivity index (χ1) is 11.5. The number of carbonyl (C=O) groups is 2. The maximum absolute atomic E-state index is 12.1. The third-order valence-corrected chi connectivity index (χ3v) is 4.23. The first-order valence-corrected chi connectivity index (χ1v) is 8.34. The minimum Gasteiger partial charge on any atom is -0.497 e. The van der Waals surface area contributed by atoms with Crippen LogP contribution in [0.1, 0.15) is 15.9 Å². The molecule has 2 aromatic rings. The van der Waals surface area contributed by atoms with Crippen molar-refractivity contribution in [2.75, 3.05) is 19.5 Å². The van der Waals surface area contributed by atoms with Crippen molar-refractivity contribution in [3.8, 4) is 5.75 Å². The van der Waals surface area contributed by atoms with Crippen LogP contribution in [0.2, 0.25) is 5.02 Å². The number of rotatable bonds is 5. The number of carbonyl (C=O) groups excluding carboxylic acids is 2. The first-order valence-electron chi connectivity index (χ1n) is 6.98. The summed E-state index contributed by atoms with van der Waals surface area (Å²) in [6, 6.07) is 12.1. The third-order valence-electron chi connectivity index (χ3n) is 3.15. The summed E-state index contributed by atoms with van der Waals surface area (Å²) >= 11 is 6.98. The Balaban J connectivity index is 2.00. The summed E-state index contributed by atoms with van der Waals surface area (Å²) in [6.07, 6.45) is 0. The van der Waals surface area contributed by atoms with Crippen molar-refractivity contribution in [1.29, 1.82) is 0 Å². The average Bonchev–Trinajstić information content (AvgIpc) is 2.61. The largest absolute Gasteiger partial charge is 0.497 e. The lowest BCUT2D eigenvalue weighted by Crippen LogP contribution is -2.11. The molecule has 1 N–H and O–H groups in total. The van der Waals surface area contributed by atoms with Crippen LogP contribution in [-0.4, -0.2) is 25.4 Å². The molecule has 5 nitrogen and oxygen atoms in total. The molecule has 2 aromatic carbocycles. The molecule has 0 aliphatic rings. The Morgan fingerprint density at radius 2 is 1.83 bits per heavy atom. The lowest BCUT2D eigenvalue weighted by Gasteiger charge is -2.10. The second-order valence-electron chi connectivity index (χ2n) is 4.73. The van der Waals surface area contributed by atoms with Gasteiger partial charge in [0.15, 0.2) is 0 Å². The number of hydrogen-bond donors (Lipinski definition) is 1. The Morgan fingerprint density at radius 1 is 1.12 bits per heavy atom. The summed E-state index contributed by atoms with van der Waals surface area (Å²) in [5.41, 5.74) is 1.56. The predicted octanol–water partition coefficient (Wildman–Crippen LogP) is 4.60. The molecule has 126 valence electrons. The number of anilines is 1. The van der Waals surface area contributed by atoms with Crippen LogP contribution in [0.25, 0.3) is 0 Å². The molecule has 0 bridgehead atoms. The highest BCUT2D eigenvalue weighted by atomic mass is 35.5. The lowest BCUT2D eigenvalue weighted by atomic mass is 10.2. The number of ether oxygens (including phenoxy) is 2. The van der Waals surface area contributed by atoms with Crippen LogP contribution in [-0.2, 0) is 10.5 Å². The fraction of sp³-hybridized carbons (Fsp3) is 0.176. The summed E-state index contributed by atoms with van der Waals surface area (Å²) in [5.74, 6) is 0.696. The summed E-state index contributed by atoms with van der Waals surface area (Å²) in [4.78, 5) is 23.9. The van der Waals surface area contributed by atoms with Crippen LogP contribution in [0.15, 0.2) is 42.5 Å². The maximum atomic E-state index is 12.1. The molecule has 1 amide bonds. The van der Waals surface area contributed by atoms with Crippen LogP contribution in [0.5, 0.6) is 5.75 Å². The monoisotopic (exact) mass is 365 g/mol. The summed E-state index contributed by atoms with van der Waals surface area (Å²) in [7, 11) is 2.87. The highest BCUT2D eigenvalue weighted by molar-refractivity contribution is 8.13. The number of thioether (sulfide) groups is 1. The van der Waals surface area contributed by atoms with E-state index in [-0.39, 0.29) is 10.8 Å². The van der Waals surface area contributed by atoms with E-state index >= 15 is 0 Å². The quantitative estimate of drug-likeness (QED) is 0.784. The van der Waals surface area contributed by atoms with Crippen molar-refractivity contribution < 1.29 is 19.1 Å². The van der Waals surface area contributed by atoms with Gasteiger partial charge in [0, 0.05) is 10.8 Å². The summed E-state index contributed by atoms with van der Waals surface area (Å²) in [5, 5.41) is 2.79. The minimum absolute atomic E-state index is 0.211. The van der Waals surface area contributed by atoms with Crippen LogP contribution < -0.4 is 10.1 Å². The minimum atomic E-state index is -0.562. The molecule has 0 spiro atoms. The number of benzene rings is 2. The molecule has 24 heavy (non-hydrogen) atoms. The molecule has 0 saturated carbocycles. The molecule has 0 aliphatic carbocycles.